The first-order valence-corrected chi connectivity index (χ1v) is 7.58. The van der Waals surface area contributed by atoms with Crippen LogP contribution in [0, 0.1) is 0 Å². The fraction of sp³-hybridized carbons (Fsp3) is 0.438. The van der Waals surface area contributed by atoms with Crippen LogP contribution in [0.4, 0.5) is 0 Å². The average molecular weight is 318 g/mol. The van der Waals surface area contributed by atoms with Crippen molar-refractivity contribution in [2.75, 3.05) is 33.5 Å². The van der Waals surface area contributed by atoms with E-state index in [2.05, 4.69) is 15.6 Å². The molecule has 1 aromatic heterocycles. The monoisotopic (exact) mass is 318 g/mol. The van der Waals surface area contributed by atoms with Crippen molar-refractivity contribution in [3.05, 3.63) is 47.8 Å². The minimum atomic E-state index is -0.221. The van der Waals surface area contributed by atoms with Gasteiger partial charge >= 0.3 is 0 Å². The predicted octanol–water partition coefficient (Wildman–Crippen LogP) is 1.11. The van der Waals surface area contributed by atoms with Gasteiger partial charge < -0.3 is 14.8 Å². The molecule has 23 heavy (non-hydrogen) atoms. The quantitative estimate of drug-likeness (QED) is 0.664. The maximum Gasteiger partial charge on any atom is 0.273 e. The van der Waals surface area contributed by atoms with Crippen LogP contribution in [0.3, 0.4) is 0 Å². The van der Waals surface area contributed by atoms with Crippen LogP contribution in [0.2, 0.25) is 0 Å². The molecule has 7 heteroatoms. The van der Waals surface area contributed by atoms with E-state index in [0.717, 1.165) is 12.0 Å². The van der Waals surface area contributed by atoms with Gasteiger partial charge in [0.25, 0.3) is 5.91 Å². The number of hydrogen-bond acceptors (Lipinski definition) is 5. The molecule has 2 rings (SSSR count). The smallest absolute Gasteiger partial charge is 0.273 e. The molecular formula is C16H22N4O3. The molecule has 0 aliphatic heterocycles. The molecule has 0 atom stereocenters. The Kier molecular flexibility index (Phi) is 7.22. The van der Waals surface area contributed by atoms with Gasteiger partial charge in [-0.2, -0.15) is 0 Å². The van der Waals surface area contributed by atoms with Crippen molar-refractivity contribution in [2.24, 2.45) is 0 Å². The molecule has 1 heterocycles. The van der Waals surface area contributed by atoms with Crippen LogP contribution in [-0.2, 0) is 16.0 Å². The van der Waals surface area contributed by atoms with Crippen molar-refractivity contribution in [1.29, 1.82) is 0 Å². The van der Waals surface area contributed by atoms with E-state index in [-0.39, 0.29) is 5.91 Å². The third-order valence-corrected chi connectivity index (χ3v) is 3.14. The number of ether oxygens (including phenoxy) is 2. The summed E-state index contributed by atoms with van der Waals surface area (Å²) in [5.74, 6) is -0.221. The Morgan fingerprint density at radius 1 is 1.22 bits per heavy atom. The van der Waals surface area contributed by atoms with E-state index in [9.17, 15) is 4.79 Å². The van der Waals surface area contributed by atoms with Gasteiger partial charge in [-0.3, -0.25) is 4.79 Å². The van der Waals surface area contributed by atoms with Crippen LogP contribution in [0.5, 0.6) is 0 Å². The Labute approximate surface area is 135 Å². The van der Waals surface area contributed by atoms with Gasteiger partial charge in [0.1, 0.15) is 0 Å². The SMILES string of the molecule is COCCOCCCNC(=O)c1cn(Cc2ccccc2)nn1. The molecule has 2 aromatic rings. The molecule has 0 saturated heterocycles. The number of hydrogen-bond donors (Lipinski definition) is 1. The largest absolute Gasteiger partial charge is 0.382 e. The molecule has 1 amide bonds. The number of benzene rings is 1. The summed E-state index contributed by atoms with van der Waals surface area (Å²) >= 11 is 0. The first kappa shape index (κ1) is 17.1. The van der Waals surface area contributed by atoms with E-state index in [4.69, 9.17) is 9.47 Å². The number of nitrogens with one attached hydrogen (secondary N) is 1. The van der Waals surface area contributed by atoms with Gasteiger partial charge in [-0.05, 0) is 12.0 Å². The number of aromatic nitrogens is 3. The van der Waals surface area contributed by atoms with E-state index in [1.165, 1.54) is 0 Å². The normalized spacial score (nSPS) is 10.7. The maximum atomic E-state index is 12.0. The van der Waals surface area contributed by atoms with Crippen molar-refractivity contribution in [2.45, 2.75) is 13.0 Å². The van der Waals surface area contributed by atoms with Crippen molar-refractivity contribution in [3.8, 4) is 0 Å². The highest BCUT2D eigenvalue weighted by Gasteiger charge is 2.10. The lowest BCUT2D eigenvalue weighted by Gasteiger charge is -2.04. The summed E-state index contributed by atoms with van der Waals surface area (Å²) < 4.78 is 11.9. The highest BCUT2D eigenvalue weighted by atomic mass is 16.5. The van der Waals surface area contributed by atoms with Crippen molar-refractivity contribution in [3.63, 3.8) is 0 Å². The second-order valence-corrected chi connectivity index (χ2v) is 5.00. The third-order valence-electron chi connectivity index (χ3n) is 3.14. The lowest BCUT2D eigenvalue weighted by molar-refractivity contribution is 0.0688. The fourth-order valence-electron chi connectivity index (χ4n) is 1.96. The van der Waals surface area contributed by atoms with Gasteiger partial charge in [0.2, 0.25) is 0 Å². The van der Waals surface area contributed by atoms with E-state index in [0.29, 0.717) is 38.6 Å². The second-order valence-electron chi connectivity index (χ2n) is 5.00. The van der Waals surface area contributed by atoms with Gasteiger partial charge in [-0.1, -0.05) is 35.5 Å². The Hall–Kier alpha value is -2.25. The summed E-state index contributed by atoms with van der Waals surface area (Å²) in [7, 11) is 1.63. The Morgan fingerprint density at radius 3 is 2.83 bits per heavy atom. The zero-order valence-electron chi connectivity index (χ0n) is 13.3. The van der Waals surface area contributed by atoms with E-state index in [1.54, 1.807) is 18.0 Å². The average Bonchev–Trinajstić information content (AvgIpc) is 3.03. The van der Waals surface area contributed by atoms with Gasteiger partial charge in [0, 0.05) is 20.3 Å². The standard InChI is InChI=1S/C16H22N4O3/c1-22-10-11-23-9-5-8-17-16(21)15-13-20(19-18-15)12-14-6-3-2-4-7-14/h2-4,6-7,13H,5,8-12H2,1H3,(H,17,21). The zero-order chi connectivity index (χ0) is 16.3. The maximum absolute atomic E-state index is 12.0. The van der Waals surface area contributed by atoms with Crippen molar-refractivity contribution >= 4 is 5.91 Å². The molecule has 7 nitrogen and oxygen atoms in total. The molecule has 1 aromatic carbocycles. The summed E-state index contributed by atoms with van der Waals surface area (Å²) in [5, 5.41) is 10.7. The predicted molar refractivity (Wildman–Crippen MR) is 85.2 cm³/mol. The molecule has 0 spiro atoms. The summed E-state index contributed by atoms with van der Waals surface area (Å²) in [5.41, 5.74) is 1.43. The highest BCUT2D eigenvalue weighted by molar-refractivity contribution is 5.91. The zero-order valence-corrected chi connectivity index (χ0v) is 13.3. The highest BCUT2D eigenvalue weighted by Crippen LogP contribution is 2.02. The van der Waals surface area contributed by atoms with Crippen LogP contribution < -0.4 is 5.32 Å². The summed E-state index contributed by atoms with van der Waals surface area (Å²) in [4.78, 5) is 12.0. The van der Waals surface area contributed by atoms with Crippen LogP contribution in [-0.4, -0.2) is 54.4 Å². The van der Waals surface area contributed by atoms with E-state index >= 15 is 0 Å². The van der Waals surface area contributed by atoms with E-state index < -0.39 is 0 Å². The number of carbonyl (C=O) groups is 1. The molecule has 0 fully saturated rings. The first-order chi connectivity index (χ1) is 11.3. The number of nitrogens with zero attached hydrogens (tertiary/aromatic N) is 3. The molecule has 0 saturated carbocycles. The molecule has 124 valence electrons. The molecular weight excluding hydrogens is 296 g/mol. The first-order valence-electron chi connectivity index (χ1n) is 7.58. The molecule has 0 bridgehead atoms. The summed E-state index contributed by atoms with van der Waals surface area (Å²) in [6, 6.07) is 9.90. The fourth-order valence-corrected chi connectivity index (χ4v) is 1.96. The summed E-state index contributed by atoms with van der Waals surface area (Å²) in [6.45, 7) is 2.87. The Balaban J connectivity index is 1.69. The van der Waals surface area contributed by atoms with E-state index in [1.807, 2.05) is 30.3 Å². The van der Waals surface area contributed by atoms with Crippen LogP contribution in [0.15, 0.2) is 36.5 Å². The molecule has 0 radical (unpaired) electrons. The molecule has 0 aliphatic rings. The van der Waals surface area contributed by atoms with Gasteiger partial charge in [0.05, 0.1) is 26.0 Å². The van der Waals surface area contributed by atoms with Gasteiger partial charge in [-0.25, -0.2) is 4.68 Å². The number of rotatable bonds is 10. The van der Waals surface area contributed by atoms with Crippen LogP contribution >= 0.6 is 0 Å². The van der Waals surface area contributed by atoms with Gasteiger partial charge in [0.15, 0.2) is 5.69 Å². The molecule has 1 N–H and O–H groups in total. The number of carbonyl (C=O) groups excluding carboxylic acids is 1. The molecule has 0 unspecified atom stereocenters. The van der Waals surface area contributed by atoms with Gasteiger partial charge in [-0.15, -0.1) is 5.10 Å². The second kappa shape index (κ2) is 9.70. The van der Waals surface area contributed by atoms with Crippen LogP contribution in [0.1, 0.15) is 22.5 Å². The van der Waals surface area contributed by atoms with Crippen molar-refractivity contribution < 1.29 is 14.3 Å². The van der Waals surface area contributed by atoms with Crippen molar-refractivity contribution in [1.82, 2.24) is 20.3 Å². The van der Waals surface area contributed by atoms with Crippen LogP contribution in [0.25, 0.3) is 0 Å². The molecule has 0 aliphatic carbocycles. The topological polar surface area (TPSA) is 78.3 Å². The minimum absolute atomic E-state index is 0.221. The number of methoxy groups -OCH3 is 1. The third kappa shape index (κ3) is 6.17. The lowest BCUT2D eigenvalue weighted by atomic mass is 10.2. The lowest BCUT2D eigenvalue weighted by Crippen LogP contribution is -2.25. The minimum Gasteiger partial charge on any atom is -0.382 e. The number of amides is 1. The Morgan fingerprint density at radius 2 is 2.04 bits per heavy atom. The Bertz CT molecular complexity index is 586. The summed E-state index contributed by atoms with van der Waals surface area (Å²) in [6.07, 6.45) is 2.39.